The highest BCUT2D eigenvalue weighted by Crippen LogP contribution is 2.25. The molecule has 1 heterocycles. The van der Waals surface area contributed by atoms with Gasteiger partial charge in [0.05, 0.1) is 25.8 Å². The van der Waals surface area contributed by atoms with Crippen LogP contribution in [0.25, 0.3) is 10.9 Å². The first-order valence-electron chi connectivity index (χ1n) is 7.89. The minimum atomic E-state index is 0.113. The van der Waals surface area contributed by atoms with Gasteiger partial charge in [0.25, 0.3) is 0 Å². The first-order valence-corrected chi connectivity index (χ1v) is 7.89. The number of hydrogen-bond donors (Lipinski definition) is 3. The summed E-state index contributed by atoms with van der Waals surface area (Å²) < 4.78 is 5.28. The molecule has 2 aromatic rings. The lowest BCUT2D eigenvalue weighted by molar-refractivity contribution is 0.161. The highest BCUT2D eigenvalue weighted by atomic mass is 16.5. The maximum Gasteiger partial charge on any atom is 0.119 e. The molecule has 0 saturated carbocycles. The molecular weight excluding hydrogens is 294 g/mol. The fourth-order valence-electron chi connectivity index (χ4n) is 2.55. The van der Waals surface area contributed by atoms with Gasteiger partial charge < -0.3 is 20.3 Å². The normalized spacial score (nSPS) is 11.1. The number of nitrogens with one attached hydrogen (secondary N) is 1. The standard InChI is InChI=1S/C17H25N3O3/c1-23-14-3-4-16-15(13-14)17(5-7-19-16)18-6-2-8-20(9-11-21)10-12-22/h3-5,7,13,21-22H,2,6,8-12H2,1H3,(H,18,19). The number of nitrogens with zero attached hydrogens (tertiary/aromatic N) is 2. The van der Waals surface area contributed by atoms with E-state index in [1.807, 2.05) is 24.3 Å². The fraction of sp³-hybridized carbons (Fsp3) is 0.471. The zero-order chi connectivity index (χ0) is 16.5. The maximum atomic E-state index is 9.01. The van der Waals surface area contributed by atoms with E-state index < -0.39 is 0 Å². The third-order valence-electron chi connectivity index (χ3n) is 3.75. The summed E-state index contributed by atoms with van der Waals surface area (Å²) in [7, 11) is 1.65. The van der Waals surface area contributed by atoms with Crippen LogP contribution in [0.1, 0.15) is 6.42 Å². The summed E-state index contributed by atoms with van der Waals surface area (Å²) in [6.45, 7) is 3.06. The predicted molar refractivity (Wildman–Crippen MR) is 92.0 cm³/mol. The van der Waals surface area contributed by atoms with E-state index in [9.17, 15) is 0 Å². The number of ether oxygens (including phenoxy) is 1. The molecule has 0 spiro atoms. The zero-order valence-corrected chi connectivity index (χ0v) is 13.5. The molecule has 23 heavy (non-hydrogen) atoms. The van der Waals surface area contributed by atoms with E-state index in [-0.39, 0.29) is 13.2 Å². The molecule has 1 aromatic carbocycles. The number of aliphatic hydroxyl groups is 2. The Morgan fingerprint density at radius 3 is 2.61 bits per heavy atom. The monoisotopic (exact) mass is 319 g/mol. The van der Waals surface area contributed by atoms with Gasteiger partial charge in [-0.15, -0.1) is 0 Å². The summed E-state index contributed by atoms with van der Waals surface area (Å²) in [5, 5.41) is 22.5. The highest BCUT2D eigenvalue weighted by Gasteiger charge is 2.05. The molecule has 0 aliphatic rings. The van der Waals surface area contributed by atoms with Crippen molar-refractivity contribution in [3.63, 3.8) is 0 Å². The van der Waals surface area contributed by atoms with Crippen molar-refractivity contribution in [2.75, 3.05) is 51.8 Å². The van der Waals surface area contributed by atoms with Crippen LogP contribution >= 0.6 is 0 Å². The average Bonchev–Trinajstić information content (AvgIpc) is 2.58. The molecule has 0 fully saturated rings. The Bertz CT molecular complexity index is 601. The van der Waals surface area contributed by atoms with Crippen LogP contribution in [0.4, 0.5) is 5.69 Å². The molecule has 0 radical (unpaired) electrons. The predicted octanol–water partition coefficient (Wildman–Crippen LogP) is 1.33. The van der Waals surface area contributed by atoms with Crippen molar-refractivity contribution >= 4 is 16.6 Å². The van der Waals surface area contributed by atoms with E-state index in [0.29, 0.717) is 13.1 Å². The average molecular weight is 319 g/mol. The molecule has 0 unspecified atom stereocenters. The number of aliphatic hydroxyl groups excluding tert-OH is 2. The molecule has 0 aliphatic carbocycles. The van der Waals surface area contributed by atoms with Gasteiger partial charge in [-0.05, 0) is 37.2 Å². The lowest BCUT2D eigenvalue weighted by Gasteiger charge is -2.20. The number of aromatic nitrogens is 1. The summed E-state index contributed by atoms with van der Waals surface area (Å²) in [5.74, 6) is 0.811. The number of fused-ring (bicyclic) bond motifs is 1. The Morgan fingerprint density at radius 1 is 1.13 bits per heavy atom. The van der Waals surface area contributed by atoms with Crippen molar-refractivity contribution in [2.24, 2.45) is 0 Å². The third kappa shape index (κ3) is 5.06. The van der Waals surface area contributed by atoms with E-state index in [0.717, 1.165) is 41.9 Å². The van der Waals surface area contributed by atoms with E-state index >= 15 is 0 Å². The minimum absolute atomic E-state index is 0.113. The van der Waals surface area contributed by atoms with Gasteiger partial charge in [0.2, 0.25) is 0 Å². The van der Waals surface area contributed by atoms with Crippen molar-refractivity contribution in [3.8, 4) is 5.75 Å². The Kier molecular flexibility index (Phi) is 7.06. The topological polar surface area (TPSA) is 77.9 Å². The summed E-state index contributed by atoms with van der Waals surface area (Å²) in [5.41, 5.74) is 1.96. The summed E-state index contributed by atoms with van der Waals surface area (Å²) in [4.78, 5) is 6.41. The Hall–Kier alpha value is -1.89. The van der Waals surface area contributed by atoms with Crippen LogP contribution in [0, 0.1) is 0 Å². The van der Waals surface area contributed by atoms with Crippen LogP contribution in [0.5, 0.6) is 5.75 Å². The highest BCUT2D eigenvalue weighted by molar-refractivity contribution is 5.92. The van der Waals surface area contributed by atoms with E-state index in [1.165, 1.54) is 0 Å². The number of pyridine rings is 1. The number of hydrogen-bond acceptors (Lipinski definition) is 6. The largest absolute Gasteiger partial charge is 0.497 e. The second-order valence-corrected chi connectivity index (χ2v) is 5.31. The van der Waals surface area contributed by atoms with E-state index in [2.05, 4.69) is 15.2 Å². The smallest absolute Gasteiger partial charge is 0.119 e. The molecule has 6 heteroatoms. The lowest BCUT2D eigenvalue weighted by atomic mass is 10.1. The number of benzene rings is 1. The Balaban J connectivity index is 1.94. The van der Waals surface area contributed by atoms with E-state index in [4.69, 9.17) is 14.9 Å². The summed E-state index contributed by atoms with van der Waals surface area (Å²) in [6, 6.07) is 7.79. The van der Waals surface area contributed by atoms with Crippen molar-refractivity contribution < 1.29 is 14.9 Å². The van der Waals surface area contributed by atoms with Crippen LogP contribution < -0.4 is 10.1 Å². The van der Waals surface area contributed by atoms with Crippen LogP contribution in [-0.2, 0) is 0 Å². The molecule has 2 rings (SSSR count). The molecule has 3 N–H and O–H groups in total. The first-order chi connectivity index (χ1) is 11.3. The quantitative estimate of drug-likeness (QED) is 0.574. The van der Waals surface area contributed by atoms with Gasteiger partial charge in [-0.3, -0.25) is 9.88 Å². The summed E-state index contributed by atoms with van der Waals surface area (Å²) >= 11 is 0. The van der Waals surface area contributed by atoms with E-state index in [1.54, 1.807) is 13.3 Å². The number of anilines is 1. The molecule has 0 atom stereocenters. The van der Waals surface area contributed by atoms with Crippen LogP contribution in [0.3, 0.4) is 0 Å². The molecule has 6 nitrogen and oxygen atoms in total. The van der Waals surface area contributed by atoms with Gasteiger partial charge in [-0.2, -0.15) is 0 Å². The van der Waals surface area contributed by atoms with Crippen LogP contribution in [-0.4, -0.2) is 66.6 Å². The second kappa shape index (κ2) is 9.29. The van der Waals surface area contributed by atoms with Crippen molar-refractivity contribution in [1.82, 2.24) is 9.88 Å². The van der Waals surface area contributed by atoms with Crippen molar-refractivity contribution in [1.29, 1.82) is 0 Å². The zero-order valence-electron chi connectivity index (χ0n) is 13.5. The van der Waals surface area contributed by atoms with Gasteiger partial charge in [0, 0.05) is 36.9 Å². The van der Waals surface area contributed by atoms with Gasteiger partial charge in [0.1, 0.15) is 5.75 Å². The first kappa shape index (κ1) is 17.5. The minimum Gasteiger partial charge on any atom is -0.497 e. The Labute approximate surface area is 136 Å². The molecule has 0 saturated heterocycles. The van der Waals surface area contributed by atoms with Crippen LogP contribution in [0.2, 0.25) is 0 Å². The van der Waals surface area contributed by atoms with Crippen LogP contribution in [0.15, 0.2) is 30.5 Å². The molecule has 0 amide bonds. The fourth-order valence-corrected chi connectivity index (χ4v) is 2.55. The maximum absolute atomic E-state index is 9.01. The number of rotatable bonds is 10. The molecule has 126 valence electrons. The number of methoxy groups -OCH3 is 1. The summed E-state index contributed by atoms with van der Waals surface area (Å²) in [6.07, 6.45) is 2.72. The Morgan fingerprint density at radius 2 is 1.91 bits per heavy atom. The van der Waals surface area contributed by atoms with Gasteiger partial charge in [0.15, 0.2) is 0 Å². The van der Waals surface area contributed by atoms with Crippen molar-refractivity contribution in [3.05, 3.63) is 30.5 Å². The van der Waals surface area contributed by atoms with Crippen molar-refractivity contribution in [2.45, 2.75) is 6.42 Å². The SMILES string of the molecule is COc1ccc2nccc(NCCCN(CCO)CCO)c2c1. The van der Waals surface area contributed by atoms with Gasteiger partial charge >= 0.3 is 0 Å². The molecule has 1 aromatic heterocycles. The lowest BCUT2D eigenvalue weighted by Crippen LogP contribution is -2.31. The molecule has 0 bridgehead atoms. The third-order valence-corrected chi connectivity index (χ3v) is 3.75. The molecular formula is C17H25N3O3. The second-order valence-electron chi connectivity index (χ2n) is 5.31. The van der Waals surface area contributed by atoms with Gasteiger partial charge in [-0.1, -0.05) is 0 Å². The molecule has 0 aliphatic heterocycles. The van der Waals surface area contributed by atoms with Gasteiger partial charge in [-0.25, -0.2) is 0 Å².